The van der Waals surface area contributed by atoms with Gasteiger partial charge in [0.15, 0.2) is 5.69 Å². The Morgan fingerprint density at radius 2 is 2.11 bits per heavy atom. The van der Waals surface area contributed by atoms with Crippen LogP contribution < -0.4 is 0 Å². The van der Waals surface area contributed by atoms with Crippen molar-refractivity contribution in [2.45, 2.75) is 13.8 Å². The summed E-state index contributed by atoms with van der Waals surface area (Å²) < 4.78 is 1.28. The maximum absolute atomic E-state index is 10.9. The molecule has 0 saturated carbocycles. The first-order valence-electron chi connectivity index (χ1n) is 5.33. The van der Waals surface area contributed by atoms with Gasteiger partial charge in [-0.3, -0.25) is 10.1 Å². The summed E-state index contributed by atoms with van der Waals surface area (Å²) >= 11 is 0. The molecule has 0 unspecified atom stereocenters. The second-order valence-electron chi connectivity index (χ2n) is 3.97. The minimum atomic E-state index is -1.19. The molecule has 2 aromatic rings. The molecule has 1 N–H and O–H groups in total. The second kappa shape index (κ2) is 4.48. The third kappa shape index (κ3) is 2.15. The van der Waals surface area contributed by atoms with Gasteiger partial charge in [0, 0.05) is 12.1 Å². The highest BCUT2D eigenvalue weighted by Crippen LogP contribution is 2.22. The number of aromatic carboxylic acids is 1. The number of carboxylic acid groups (broad SMARTS) is 1. The average molecular weight is 262 g/mol. The van der Waals surface area contributed by atoms with Crippen LogP contribution in [0.3, 0.4) is 0 Å². The Morgan fingerprint density at radius 1 is 1.42 bits per heavy atom. The number of benzene rings is 1. The maximum atomic E-state index is 10.9. The highest BCUT2D eigenvalue weighted by molar-refractivity contribution is 5.86. The molecule has 2 rings (SSSR count). The normalized spacial score (nSPS) is 10.4. The van der Waals surface area contributed by atoms with Gasteiger partial charge in [-0.05, 0) is 19.4 Å². The molecule has 8 heteroatoms. The predicted molar refractivity (Wildman–Crippen MR) is 64.4 cm³/mol. The van der Waals surface area contributed by atoms with Crippen LogP contribution in [0.2, 0.25) is 0 Å². The van der Waals surface area contributed by atoms with Crippen molar-refractivity contribution in [3.63, 3.8) is 0 Å². The molecule has 0 fully saturated rings. The highest BCUT2D eigenvalue weighted by Gasteiger charge is 2.18. The van der Waals surface area contributed by atoms with Crippen LogP contribution >= 0.6 is 0 Å². The molecule has 1 aromatic heterocycles. The first-order chi connectivity index (χ1) is 8.91. The number of nitro groups is 1. The lowest BCUT2D eigenvalue weighted by molar-refractivity contribution is -0.384. The van der Waals surface area contributed by atoms with E-state index in [1.165, 1.54) is 16.8 Å². The third-order valence-electron chi connectivity index (χ3n) is 2.73. The maximum Gasteiger partial charge on any atom is 0.358 e. The summed E-state index contributed by atoms with van der Waals surface area (Å²) in [4.78, 5) is 21.1. The van der Waals surface area contributed by atoms with E-state index in [1.54, 1.807) is 19.9 Å². The van der Waals surface area contributed by atoms with Gasteiger partial charge in [0.1, 0.15) is 0 Å². The number of carboxylic acids is 1. The number of nitro benzene ring substituents is 1. The summed E-state index contributed by atoms with van der Waals surface area (Å²) in [6, 6.07) is 4.29. The van der Waals surface area contributed by atoms with Gasteiger partial charge < -0.3 is 5.11 Å². The van der Waals surface area contributed by atoms with Crippen LogP contribution in [0.5, 0.6) is 0 Å². The monoisotopic (exact) mass is 262 g/mol. The van der Waals surface area contributed by atoms with E-state index in [2.05, 4.69) is 10.3 Å². The molecule has 0 aliphatic carbocycles. The Kier molecular flexibility index (Phi) is 2.99. The van der Waals surface area contributed by atoms with Gasteiger partial charge in [0.05, 0.1) is 16.3 Å². The molecule has 0 aliphatic rings. The molecule has 8 nitrogen and oxygen atoms in total. The molecule has 0 saturated heterocycles. The van der Waals surface area contributed by atoms with Gasteiger partial charge in [-0.2, -0.15) is 0 Å². The first-order valence-corrected chi connectivity index (χ1v) is 5.33. The molecule has 0 radical (unpaired) electrons. The number of nitrogens with zero attached hydrogens (tertiary/aromatic N) is 4. The molecule has 0 spiro atoms. The lowest BCUT2D eigenvalue weighted by atomic mass is 10.1. The first kappa shape index (κ1) is 12.7. The van der Waals surface area contributed by atoms with Crippen molar-refractivity contribution in [1.82, 2.24) is 15.0 Å². The molecule has 1 heterocycles. The Hall–Kier alpha value is -2.77. The molecular formula is C11H10N4O4. The summed E-state index contributed by atoms with van der Waals surface area (Å²) in [6.45, 7) is 3.29. The lowest BCUT2D eigenvalue weighted by Gasteiger charge is -2.06. The van der Waals surface area contributed by atoms with E-state index < -0.39 is 10.9 Å². The number of hydrogen-bond acceptors (Lipinski definition) is 5. The fourth-order valence-electron chi connectivity index (χ4n) is 1.70. The molecule has 1 aromatic carbocycles. The van der Waals surface area contributed by atoms with E-state index in [1.807, 2.05) is 0 Å². The molecule has 0 bridgehead atoms. The third-order valence-corrected chi connectivity index (χ3v) is 2.73. The SMILES string of the molecule is Cc1ccc([N+](=O)[O-])cc1-n1nnc(C(=O)O)c1C. The number of rotatable bonds is 3. The zero-order valence-corrected chi connectivity index (χ0v) is 10.2. The van der Waals surface area contributed by atoms with Gasteiger partial charge in [0.25, 0.3) is 5.69 Å². The zero-order chi connectivity index (χ0) is 14.2. The topological polar surface area (TPSA) is 111 Å². The predicted octanol–water partition coefficient (Wildman–Crippen LogP) is 1.49. The Bertz CT molecular complexity index is 677. The Labute approximate surface area is 107 Å². The van der Waals surface area contributed by atoms with Crippen molar-refractivity contribution >= 4 is 11.7 Å². The van der Waals surface area contributed by atoms with E-state index >= 15 is 0 Å². The van der Waals surface area contributed by atoms with Gasteiger partial charge in [-0.15, -0.1) is 5.10 Å². The molecular weight excluding hydrogens is 252 g/mol. The molecule has 19 heavy (non-hydrogen) atoms. The zero-order valence-electron chi connectivity index (χ0n) is 10.2. The largest absolute Gasteiger partial charge is 0.476 e. The fraction of sp³-hybridized carbons (Fsp3) is 0.182. The van der Waals surface area contributed by atoms with E-state index in [0.717, 1.165) is 5.56 Å². The molecule has 0 aliphatic heterocycles. The average Bonchev–Trinajstić information content (AvgIpc) is 2.71. The summed E-state index contributed by atoms with van der Waals surface area (Å²) in [5.74, 6) is -1.19. The van der Waals surface area contributed by atoms with E-state index in [4.69, 9.17) is 5.11 Å². The van der Waals surface area contributed by atoms with Crippen LogP contribution in [0.15, 0.2) is 18.2 Å². The second-order valence-corrected chi connectivity index (χ2v) is 3.97. The van der Waals surface area contributed by atoms with Crippen molar-refractivity contribution in [2.24, 2.45) is 0 Å². The van der Waals surface area contributed by atoms with Crippen molar-refractivity contribution in [3.8, 4) is 5.69 Å². The minimum Gasteiger partial charge on any atom is -0.476 e. The van der Waals surface area contributed by atoms with Crippen molar-refractivity contribution < 1.29 is 14.8 Å². The van der Waals surface area contributed by atoms with Gasteiger partial charge in [-0.25, -0.2) is 9.48 Å². The minimum absolute atomic E-state index is 0.0904. The van der Waals surface area contributed by atoms with Crippen LogP contribution in [0, 0.1) is 24.0 Å². The molecule has 0 amide bonds. The van der Waals surface area contributed by atoms with Gasteiger partial charge in [0.2, 0.25) is 0 Å². The summed E-state index contributed by atoms with van der Waals surface area (Å²) in [6.07, 6.45) is 0. The van der Waals surface area contributed by atoms with Crippen LogP contribution in [0.1, 0.15) is 21.7 Å². The van der Waals surface area contributed by atoms with Crippen LogP contribution in [0.25, 0.3) is 5.69 Å². The van der Waals surface area contributed by atoms with E-state index in [0.29, 0.717) is 11.4 Å². The summed E-state index contributed by atoms with van der Waals surface area (Å²) in [5, 5.41) is 27.0. The standard InChI is InChI=1S/C11H10N4O4/c1-6-3-4-8(15(18)19)5-9(6)14-7(2)10(11(16)17)12-13-14/h3-5H,1-2H3,(H,16,17). The van der Waals surface area contributed by atoms with Crippen LogP contribution in [0.4, 0.5) is 5.69 Å². The Balaban J connectivity index is 2.61. The fourth-order valence-corrected chi connectivity index (χ4v) is 1.70. The number of non-ortho nitro benzene ring substituents is 1. The smallest absolute Gasteiger partial charge is 0.358 e. The lowest BCUT2D eigenvalue weighted by Crippen LogP contribution is -2.04. The summed E-state index contributed by atoms with van der Waals surface area (Å²) in [5.41, 5.74) is 1.22. The van der Waals surface area contributed by atoms with Crippen LogP contribution in [-0.4, -0.2) is 31.0 Å². The number of hydrogen-bond donors (Lipinski definition) is 1. The highest BCUT2D eigenvalue weighted by atomic mass is 16.6. The van der Waals surface area contributed by atoms with E-state index in [-0.39, 0.29) is 11.4 Å². The van der Waals surface area contributed by atoms with Gasteiger partial charge >= 0.3 is 5.97 Å². The van der Waals surface area contributed by atoms with Gasteiger partial charge in [-0.1, -0.05) is 11.3 Å². The van der Waals surface area contributed by atoms with Crippen molar-refractivity contribution in [1.29, 1.82) is 0 Å². The number of aromatic nitrogens is 3. The Morgan fingerprint density at radius 3 is 2.63 bits per heavy atom. The molecule has 0 atom stereocenters. The van der Waals surface area contributed by atoms with E-state index in [9.17, 15) is 14.9 Å². The number of aryl methyl sites for hydroxylation is 1. The van der Waals surface area contributed by atoms with Crippen molar-refractivity contribution in [3.05, 3.63) is 45.3 Å². The van der Waals surface area contributed by atoms with Crippen LogP contribution in [-0.2, 0) is 0 Å². The van der Waals surface area contributed by atoms with Crippen molar-refractivity contribution in [2.75, 3.05) is 0 Å². The quantitative estimate of drug-likeness (QED) is 0.662. The number of carbonyl (C=O) groups is 1. The summed E-state index contributed by atoms with van der Waals surface area (Å²) in [7, 11) is 0. The molecule has 98 valence electrons.